The van der Waals surface area contributed by atoms with E-state index in [4.69, 9.17) is 5.73 Å². The number of hydrogen-bond acceptors (Lipinski definition) is 2. The molecule has 1 fully saturated rings. The van der Waals surface area contributed by atoms with E-state index < -0.39 is 11.8 Å². The summed E-state index contributed by atoms with van der Waals surface area (Å²) < 4.78 is 25.6. The van der Waals surface area contributed by atoms with E-state index >= 15 is 0 Å². The Balaban J connectivity index is 2.41. The van der Waals surface area contributed by atoms with Crippen LogP contribution in [0.25, 0.3) is 0 Å². The summed E-state index contributed by atoms with van der Waals surface area (Å²) in [5, 5.41) is 6.45. The first-order chi connectivity index (χ1) is 6.62. The van der Waals surface area contributed by atoms with Crippen LogP contribution in [0.15, 0.2) is 0 Å². The van der Waals surface area contributed by atoms with Gasteiger partial charge < -0.3 is 5.73 Å². The standard InChI is InChI=1S/C9H13F2N3/c1-2-5-6(13-14-7(5)12)9(3-4-9)8(10)11/h8H,2-4H2,1H3,(H3,12,13,14). The molecule has 1 aliphatic rings. The van der Waals surface area contributed by atoms with Crippen LogP contribution in [0, 0.1) is 0 Å². The van der Waals surface area contributed by atoms with Crippen LogP contribution < -0.4 is 5.73 Å². The van der Waals surface area contributed by atoms with Crippen molar-refractivity contribution in [1.82, 2.24) is 10.2 Å². The van der Waals surface area contributed by atoms with Gasteiger partial charge in [-0.1, -0.05) is 6.92 Å². The molecule has 0 amide bonds. The molecule has 0 atom stereocenters. The molecular formula is C9H13F2N3. The summed E-state index contributed by atoms with van der Waals surface area (Å²) >= 11 is 0. The first-order valence-electron chi connectivity index (χ1n) is 4.73. The molecule has 1 aromatic rings. The van der Waals surface area contributed by atoms with Crippen LogP contribution in [0.2, 0.25) is 0 Å². The van der Waals surface area contributed by atoms with Crippen molar-refractivity contribution in [1.29, 1.82) is 0 Å². The fraction of sp³-hybridized carbons (Fsp3) is 0.667. The zero-order chi connectivity index (χ0) is 10.3. The molecule has 0 aromatic carbocycles. The Morgan fingerprint density at radius 2 is 2.21 bits per heavy atom. The zero-order valence-electron chi connectivity index (χ0n) is 7.98. The first kappa shape index (κ1) is 9.43. The number of nitrogens with zero attached hydrogens (tertiary/aromatic N) is 1. The van der Waals surface area contributed by atoms with Gasteiger partial charge in [0.2, 0.25) is 6.43 Å². The van der Waals surface area contributed by atoms with E-state index in [1.54, 1.807) is 0 Å². The summed E-state index contributed by atoms with van der Waals surface area (Å²) in [5.74, 6) is 0.356. The van der Waals surface area contributed by atoms with Crippen LogP contribution in [0.4, 0.5) is 14.6 Å². The highest BCUT2D eigenvalue weighted by atomic mass is 19.3. The number of nitrogens with one attached hydrogen (secondary N) is 1. The molecule has 0 bridgehead atoms. The lowest BCUT2D eigenvalue weighted by molar-refractivity contribution is 0.0994. The highest BCUT2D eigenvalue weighted by Gasteiger charge is 2.54. The molecule has 1 aromatic heterocycles. The Morgan fingerprint density at radius 3 is 2.64 bits per heavy atom. The molecule has 0 radical (unpaired) electrons. The Kier molecular flexibility index (Phi) is 1.97. The van der Waals surface area contributed by atoms with E-state index in [0.717, 1.165) is 5.56 Å². The van der Waals surface area contributed by atoms with Crippen molar-refractivity contribution in [3.63, 3.8) is 0 Å². The molecule has 1 aliphatic carbocycles. The Bertz CT molecular complexity index is 342. The molecule has 3 N–H and O–H groups in total. The van der Waals surface area contributed by atoms with Gasteiger partial charge in [0.15, 0.2) is 0 Å². The number of aromatic nitrogens is 2. The van der Waals surface area contributed by atoms with Crippen molar-refractivity contribution in [2.24, 2.45) is 0 Å². The normalized spacial score (nSPS) is 18.9. The molecular weight excluding hydrogens is 188 g/mol. The van der Waals surface area contributed by atoms with Crippen LogP contribution >= 0.6 is 0 Å². The summed E-state index contributed by atoms with van der Waals surface area (Å²) in [5.41, 5.74) is 5.91. The van der Waals surface area contributed by atoms with E-state index in [1.807, 2.05) is 6.92 Å². The SMILES string of the molecule is CCc1c(N)n[nH]c1C1(C(F)F)CC1. The average Bonchev–Trinajstić information content (AvgIpc) is 2.86. The van der Waals surface area contributed by atoms with Crippen molar-refractivity contribution < 1.29 is 8.78 Å². The quantitative estimate of drug-likeness (QED) is 0.784. The van der Waals surface area contributed by atoms with Crippen molar-refractivity contribution in [3.8, 4) is 0 Å². The maximum absolute atomic E-state index is 12.8. The lowest BCUT2D eigenvalue weighted by atomic mass is 9.98. The van der Waals surface area contributed by atoms with Gasteiger partial charge in [0.05, 0.1) is 11.1 Å². The van der Waals surface area contributed by atoms with Gasteiger partial charge >= 0.3 is 0 Å². The van der Waals surface area contributed by atoms with Gasteiger partial charge in [-0.2, -0.15) is 5.10 Å². The van der Waals surface area contributed by atoms with Crippen LogP contribution in [-0.2, 0) is 11.8 Å². The maximum atomic E-state index is 12.8. The molecule has 1 heterocycles. The molecule has 1 saturated carbocycles. The summed E-state index contributed by atoms with van der Waals surface area (Å²) in [6.45, 7) is 1.90. The second-order valence-electron chi connectivity index (χ2n) is 3.77. The van der Waals surface area contributed by atoms with E-state index in [-0.39, 0.29) is 0 Å². The monoisotopic (exact) mass is 201 g/mol. The van der Waals surface area contributed by atoms with Gasteiger partial charge in [-0.05, 0) is 19.3 Å². The fourth-order valence-electron chi connectivity index (χ4n) is 1.86. The smallest absolute Gasteiger partial charge is 0.249 e. The predicted molar refractivity (Wildman–Crippen MR) is 49.3 cm³/mol. The number of rotatable bonds is 3. The van der Waals surface area contributed by atoms with Crippen molar-refractivity contribution in [3.05, 3.63) is 11.3 Å². The lowest BCUT2D eigenvalue weighted by Crippen LogP contribution is -2.19. The number of aromatic amines is 1. The third-order valence-corrected chi connectivity index (χ3v) is 2.96. The minimum atomic E-state index is -2.33. The van der Waals surface area contributed by atoms with Crippen LogP contribution in [0.5, 0.6) is 0 Å². The molecule has 14 heavy (non-hydrogen) atoms. The lowest BCUT2D eigenvalue weighted by Gasteiger charge is -2.13. The predicted octanol–water partition coefficient (Wildman–Crippen LogP) is 1.85. The topological polar surface area (TPSA) is 54.7 Å². The van der Waals surface area contributed by atoms with Crippen molar-refractivity contribution in [2.45, 2.75) is 38.0 Å². The maximum Gasteiger partial charge on any atom is 0.249 e. The number of nitrogen functional groups attached to an aromatic ring is 1. The number of alkyl halides is 2. The minimum Gasteiger partial charge on any atom is -0.382 e. The summed E-state index contributed by atoms with van der Waals surface area (Å²) in [6.07, 6.45) is -0.627. The molecule has 0 aliphatic heterocycles. The second kappa shape index (κ2) is 2.93. The van der Waals surface area contributed by atoms with Gasteiger partial charge in [-0.3, -0.25) is 5.10 Å². The van der Waals surface area contributed by atoms with Gasteiger partial charge in [-0.15, -0.1) is 0 Å². The van der Waals surface area contributed by atoms with Crippen LogP contribution in [-0.4, -0.2) is 16.6 Å². The number of anilines is 1. The zero-order valence-corrected chi connectivity index (χ0v) is 7.98. The van der Waals surface area contributed by atoms with E-state index in [2.05, 4.69) is 10.2 Å². The number of hydrogen-bond donors (Lipinski definition) is 2. The number of halogens is 2. The molecule has 78 valence electrons. The third-order valence-electron chi connectivity index (χ3n) is 2.96. The molecule has 5 heteroatoms. The van der Waals surface area contributed by atoms with E-state index in [9.17, 15) is 8.78 Å². The molecule has 0 spiro atoms. The summed E-state index contributed by atoms with van der Waals surface area (Å²) in [7, 11) is 0. The summed E-state index contributed by atoms with van der Waals surface area (Å²) in [4.78, 5) is 0. The highest BCUT2D eigenvalue weighted by molar-refractivity contribution is 5.47. The van der Waals surface area contributed by atoms with Gasteiger partial charge in [0, 0.05) is 5.56 Å². The number of nitrogens with two attached hydrogens (primary N) is 1. The van der Waals surface area contributed by atoms with Crippen molar-refractivity contribution >= 4 is 5.82 Å². The molecule has 0 unspecified atom stereocenters. The highest BCUT2D eigenvalue weighted by Crippen LogP contribution is 2.53. The largest absolute Gasteiger partial charge is 0.382 e. The first-order valence-corrected chi connectivity index (χ1v) is 4.73. The second-order valence-corrected chi connectivity index (χ2v) is 3.77. The molecule has 0 saturated heterocycles. The Morgan fingerprint density at radius 1 is 1.57 bits per heavy atom. The minimum absolute atomic E-state index is 0.356. The number of H-pyrrole nitrogens is 1. The Hall–Kier alpha value is -1.13. The fourth-order valence-corrected chi connectivity index (χ4v) is 1.86. The Labute approximate surface area is 80.7 Å². The molecule has 2 rings (SSSR count). The van der Waals surface area contributed by atoms with E-state index in [1.165, 1.54) is 0 Å². The van der Waals surface area contributed by atoms with Gasteiger partial charge in [0.1, 0.15) is 5.82 Å². The average molecular weight is 201 g/mol. The molecule has 3 nitrogen and oxygen atoms in total. The van der Waals surface area contributed by atoms with E-state index in [0.29, 0.717) is 30.8 Å². The third kappa shape index (κ3) is 1.11. The van der Waals surface area contributed by atoms with Crippen LogP contribution in [0.1, 0.15) is 31.0 Å². The summed E-state index contributed by atoms with van der Waals surface area (Å²) in [6, 6.07) is 0. The van der Waals surface area contributed by atoms with Crippen LogP contribution in [0.3, 0.4) is 0 Å². The van der Waals surface area contributed by atoms with Crippen molar-refractivity contribution in [2.75, 3.05) is 5.73 Å². The van der Waals surface area contributed by atoms with Gasteiger partial charge in [0.25, 0.3) is 0 Å². The van der Waals surface area contributed by atoms with Gasteiger partial charge in [-0.25, -0.2) is 8.78 Å².